The summed E-state index contributed by atoms with van der Waals surface area (Å²) in [6.07, 6.45) is 2.55. The summed E-state index contributed by atoms with van der Waals surface area (Å²) in [4.78, 5) is 41.4. The van der Waals surface area contributed by atoms with Gasteiger partial charge < -0.3 is 30.2 Å². The van der Waals surface area contributed by atoms with Gasteiger partial charge in [0.15, 0.2) is 9.74 Å². The van der Waals surface area contributed by atoms with Crippen LogP contribution in [0.15, 0.2) is 60.8 Å². The summed E-state index contributed by atoms with van der Waals surface area (Å²) in [5, 5.41) is 23.5. The zero-order chi connectivity index (χ0) is 33.7. The van der Waals surface area contributed by atoms with Crippen molar-refractivity contribution in [3.05, 3.63) is 83.1 Å². The molecule has 1 unspecified atom stereocenters. The van der Waals surface area contributed by atoms with Crippen molar-refractivity contribution in [2.45, 2.75) is 52.0 Å². The van der Waals surface area contributed by atoms with Crippen LogP contribution in [0.4, 0.5) is 0 Å². The van der Waals surface area contributed by atoms with Gasteiger partial charge in [-0.15, -0.1) is 0 Å². The molecule has 2 bridgehead atoms. The molecule has 4 aliphatic heterocycles. The van der Waals surface area contributed by atoms with E-state index in [9.17, 15) is 24.6 Å². The first-order valence-corrected chi connectivity index (χ1v) is 20.5. The van der Waals surface area contributed by atoms with Crippen LogP contribution in [0.25, 0.3) is 0 Å². The molecule has 5 atom stereocenters. The summed E-state index contributed by atoms with van der Waals surface area (Å²) in [5.41, 5.74) is 4.91. The van der Waals surface area contributed by atoms with Gasteiger partial charge in [-0.1, -0.05) is 75.4 Å². The number of nitrogens with one attached hydrogen (secondary N) is 1. The Kier molecular flexibility index (Phi) is 9.94. The van der Waals surface area contributed by atoms with Crippen LogP contribution in [0.3, 0.4) is 0 Å². The molecule has 46 heavy (non-hydrogen) atoms. The number of carbonyl (C=O) groups excluding carboxylic acids is 3. The summed E-state index contributed by atoms with van der Waals surface area (Å²) in [5.74, 6) is -0.478. The average Bonchev–Trinajstić information content (AvgIpc) is 3.23. The Bertz CT molecular complexity index is 1630. The van der Waals surface area contributed by atoms with Gasteiger partial charge in [0.2, 0.25) is 10.8 Å². The number of hydrogen-bond donors (Lipinski definition) is 3. The van der Waals surface area contributed by atoms with E-state index in [0.717, 1.165) is 29.5 Å². The first-order valence-electron chi connectivity index (χ1n) is 14.8. The van der Waals surface area contributed by atoms with Crippen molar-refractivity contribution in [2.24, 2.45) is 0 Å². The zero-order valence-electron chi connectivity index (χ0n) is 26.6. The van der Waals surface area contributed by atoms with Crippen LogP contribution < -0.4 is 5.32 Å². The first kappa shape index (κ1) is 35.1. The molecule has 2 aromatic carbocycles. The summed E-state index contributed by atoms with van der Waals surface area (Å²) in [6.45, 7) is 5.37. The summed E-state index contributed by atoms with van der Waals surface area (Å²) >= 11 is 5.49. The maximum Gasteiger partial charge on any atom is 0.263 e. The van der Waals surface area contributed by atoms with Gasteiger partial charge in [0, 0.05) is 40.3 Å². The van der Waals surface area contributed by atoms with Gasteiger partial charge in [0.1, 0.15) is 4.75 Å². The van der Waals surface area contributed by atoms with Crippen molar-refractivity contribution in [3.63, 3.8) is 0 Å². The van der Waals surface area contributed by atoms with Gasteiger partial charge in [0.05, 0.1) is 13.2 Å². The Hall–Kier alpha value is -2.20. The number of likely N-dealkylation sites (N-methyl/N-ethyl adjacent to an activating group) is 4. The molecule has 4 heterocycles. The van der Waals surface area contributed by atoms with E-state index in [1.54, 1.807) is 33.1 Å². The zero-order valence-corrected chi connectivity index (χ0v) is 30.7. The van der Waals surface area contributed by atoms with Crippen LogP contribution in [0.1, 0.15) is 29.2 Å². The van der Waals surface area contributed by atoms with Gasteiger partial charge in [-0.3, -0.25) is 14.4 Å². The predicted octanol–water partition coefficient (Wildman–Crippen LogP) is 2.00. The molecule has 0 aliphatic carbocycles. The number of amides is 3. The molecule has 0 aromatic heterocycles. The molecule has 14 heteroatoms. The maximum atomic E-state index is 13.6. The van der Waals surface area contributed by atoms with Crippen molar-refractivity contribution in [2.75, 3.05) is 41.4 Å². The minimum absolute atomic E-state index is 0.0528. The molecule has 2 aromatic rings. The van der Waals surface area contributed by atoms with Crippen molar-refractivity contribution >= 4 is 68.8 Å². The average molecular weight is 721 g/mol. The number of carbonyl (C=O) groups is 3. The largest absolute Gasteiger partial charge is 0.393 e. The highest BCUT2D eigenvalue weighted by molar-refractivity contribution is 8.78. The number of hydrogen-bond acceptors (Lipinski definition) is 9. The van der Waals surface area contributed by atoms with Gasteiger partial charge in [-0.25, -0.2) is 0 Å². The van der Waals surface area contributed by atoms with E-state index in [0.29, 0.717) is 18.5 Å². The predicted molar refractivity (Wildman–Crippen MR) is 192 cm³/mol. The molecule has 6 rings (SSSR count). The van der Waals surface area contributed by atoms with Crippen molar-refractivity contribution < 1.29 is 24.6 Å². The van der Waals surface area contributed by atoms with Gasteiger partial charge in [-0.05, 0) is 79.3 Å². The third-order valence-electron chi connectivity index (χ3n) is 9.70. The quantitative estimate of drug-likeness (QED) is 0.300. The van der Waals surface area contributed by atoms with Crippen LogP contribution in [0.5, 0.6) is 0 Å². The number of aliphatic hydroxyl groups excluding tert-OH is 2. The Morgan fingerprint density at radius 2 is 1.26 bits per heavy atom. The van der Waals surface area contributed by atoms with Crippen molar-refractivity contribution in [1.29, 1.82) is 0 Å². The fourth-order valence-electron chi connectivity index (χ4n) is 6.62. The topological polar surface area (TPSA) is 113 Å². The highest BCUT2D eigenvalue weighted by atomic mass is 33.1. The molecule has 4 fully saturated rings. The minimum Gasteiger partial charge on any atom is -0.393 e. The summed E-state index contributed by atoms with van der Waals surface area (Å²) in [6, 6.07) is 16.5. The lowest BCUT2D eigenvalue weighted by Crippen LogP contribution is -2.77. The second-order valence-electron chi connectivity index (χ2n) is 12.2. The lowest BCUT2D eigenvalue weighted by atomic mass is 9.95. The Labute approximate surface area is 288 Å². The molecule has 9 nitrogen and oxygen atoms in total. The molecular formula is C32H40N4O5S5. The fourth-order valence-corrected chi connectivity index (χ4v) is 17.0. The SMILES string of the molecule is C=C(NC)[C@@]1(CO)N(C)C(=O)[C@](C)(Cc2ccc(CCc3ccc(C[C@@]45SS[C@@](CO)(C(=O)N4C)N(C)C5=O)cc3)cc2)S1=S=S. The second kappa shape index (κ2) is 13.0. The van der Waals surface area contributed by atoms with Gasteiger partial charge in [0.25, 0.3) is 11.8 Å². The number of benzene rings is 2. The lowest BCUT2D eigenvalue weighted by molar-refractivity contribution is -0.165. The van der Waals surface area contributed by atoms with E-state index in [1.807, 2.05) is 19.1 Å². The van der Waals surface area contributed by atoms with Gasteiger partial charge in [-0.2, -0.15) is 0 Å². The lowest BCUT2D eigenvalue weighted by Gasteiger charge is -2.58. The molecule has 3 N–H and O–H groups in total. The fraction of sp³-hybridized carbons (Fsp3) is 0.469. The monoisotopic (exact) mass is 720 g/mol. The molecule has 0 radical (unpaired) electrons. The van der Waals surface area contributed by atoms with Crippen LogP contribution in [0.2, 0.25) is 0 Å². The highest BCUT2D eigenvalue weighted by Gasteiger charge is 2.67. The normalized spacial score (nSPS) is 30.7. The van der Waals surface area contributed by atoms with E-state index in [4.69, 9.17) is 11.2 Å². The second-order valence-corrected chi connectivity index (χ2v) is 19.8. The van der Waals surface area contributed by atoms with Crippen LogP contribution in [-0.4, -0.2) is 103 Å². The molecule has 0 spiro atoms. The molecule has 248 valence electrons. The van der Waals surface area contributed by atoms with E-state index in [1.165, 1.54) is 45.8 Å². The number of fused-ring (bicyclic) bond motifs is 3. The highest BCUT2D eigenvalue weighted by Crippen LogP contribution is 2.58. The molecule has 0 saturated carbocycles. The van der Waals surface area contributed by atoms with E-state index in [2.05, 4.69) is 48.3 Å². The summed E-state index contributed by atoms with van der Waals surface area (Å²) < 4.78 is -0.789. The Morgan fingerprint density at radius 3 is 1.74 bits per heavy atom. The molecule has 4 saturated heterocycles. The van der Waals surface area contributed by atoms with E-state index >= 15 is 0 Å². The number of aryl methyl sites for hydroxylation is 2. The van der Waals surface area contributed by atoms with Crippen molar-refractivity contribution in [3.8, 4) is 0 Å². The molecule has 3 amide bonds. The molecular weight excluding hydrogens is 681 g/mol. The van der Waals surface area contributed by atoms with Crippen LogP contribution in [-0.2, 0) is 69.6 Å². The number of nitrogens with zero attached hydrogens (tertiary/aromatic N) is 3. The first-order chi connectivity index (χ1) is 21.8. The van der Waals surface area contributed by atoms with Crippen LogP contribution in [0, 0.1) is 0 Å². The Balaban J connectivity index is 1.24. The van der Waals surface area contributed by atoms with E-state index in [-0.39, 0.29) is 24.3 Å². The standard InChI is InChI=1S/C32H40N4O5S5/c1-21(33-3)32(20-38)36(6)26(39)29(2,46(32)45-42)17-24-13-9-22(10-14-24)7-8-23-11-15-25(16-12-23)18-30-27(40)35(5)31(19-37,44-43-30)28(41)34(30)4/h9-16,33,37-38H,1,7-8,17-20H2,2-6H3/t29-,30-,31-,32-,46?/m0/s1. The number of aliphatic hydroxyl groups is 2. The van der Waals surface area contributed by atoms with Crippen LogP contribution >= 0.6 is 21.6 Å². The maximum absolute atomic E-state index is 13.6. The summed E-state index contributed by atoms with van der Waals surface area (Å²) in [7, 11) is 9.79. The number of rotatable bonds is 11. The third-order valence-corrected chi connectivity index (χ3v) is 19.5. The smallest absolute Gasteiger partial charge is 0.263 e. The Morgan fingerprint density at radius 1 is 0.804 bits per heavy atom. The third kappa shape index (κ3) is 5.19. The van der Waals surface area contributed by atoms with Gasteiger partial charge >= 0.3 is 0 Å². The molecule has 4 aliphatic rings. The minimum atomic E-state index is -1.26. The number of piperazine rings is 1. The van der Waals surface area contributed by atoms with Crippen molar-refractivity contribution in [1.82, 2.24) is 20.0 Å². The van der Waals surface area contributed by atoms with E-state index < -0.39 is 35.4 Å².